The van der Waals surface area contributed by atoms with E-state index in [0.29, 0.717) is 12.0 Å². The number of unbranched alkanes of at least 4 members (excludes halogenated alkanes) is 2. The predicted molar refractivity (Wildman–Crippen MR) is 45.5 cm³/mol. The highest BCUT2D eigenvalue weighted by Crippen LogP contribution is 2.08. The van der Waals surface area contributed by atoms with Crippen LogP contribution in [0, 0.1) is 0 Å². The zero-order valence-corrected chi connectivity index (χ0v) is 7.26. The molecule has 64 valence electrons. The highest BCUT2D eigenvalue weighted by molar-refractivity contribution is 5.86. The summed E-state index contributed by atoms with van der Waals surface area (Å²) in [6.45, 7) is 3.88. The highest BCUT2D eigenvalue weighted by Gasteiger charge is 2.03. The maximum Gasteiger partial charge on any atom is 0.331 e. The Morgan fingerprint density at radius 3 is 2.45 bits per heavy atom. The maximum absolute atomic E-state index is 10.5. The zero-order valence-electron chi connectivity index (χ0n) is 7.26. The first-order valence-electron chi connectivity index (χ1n) is 4.10. The average molecular weight is 156 g/mol. The van der Waals surface area contributed by atoms with Gasteiger partial charge in [0.15, 0.2) is 0 Å². The molecular formula is C9H16O2. The van der Waals surface area contributed by atoms with Crippen LogP contribution in [0.2, 0.25) is 0 Å². The number of aliphatic carboxylic acids is 1. The van der Waals surface area contributed by atoms with E-state index >= 15 is 0 Å². The second-order valence-corrected chi connectivity index (χ2v) is 2.58. The van der Waals surface area contributed by atoms with Gasteiger partial charge >= 0.3 is 5.97 Å². The van der Waals surface area contributed by atoms with Gasteiger partial charge in [0.2, 0.25) is 0 Å². The SMILES string of the molecule is C/C=C(\CCCCC)C(=O)O. The Hall–Kier alpha value is -0.790. The Labute approximate surface area is 67.9 Å². The van der Waals surface area contributed by atoms with Crippen molar-refractivity contribution < 1.29 is 9.90 Å². The Morgan fingerprint density at radius 1 is 1.45 bits per heavy atom. The minimum absolute atomic E-state index is 0.540. The summed E-state index contributed by atoms with van der Waals surface area (Å²) < 4.78 is 0. The Morgan fingerprint density at radius 2 is 2.09 bits per heavy atom. The highest BCUT2D eigenvalue weighted by atomic mass is 16.4. The molecule has 0 heterocycles. The molecule has 2 nitrogen and oxygen atoms in total. The van der Waals surface area contributed by atoms with Gasteiger partial charge in [-0.1, -0.05) is 25.8 Å². The fraction of sp³-hybridized carbons (Fsp3) is 0.667. The summed E-state index contributed by atoms with van der Waals surface area (Å²) in [6, 6.07) is 0. The number of hydrogen-bond acceptors (Lipinski definition) is 1. The molecule has 0 amide bonds. The molecule has 0 radical (unpaired) electrons. The Bertz CT molecular complexity index is 148. The number of rotatable bonds is 5. The molecule has 11 heavy (non-hydrogen) atoms. The number of hydrogen-bond donors (Lipinski definition) is 1. The van der Waals surface area contributed by atoms with Crippen LogP contribution in [0.25, 0.3) is 0 Å². The lowest BCUT2D eigenvalue weighted by molar-refractivity contribution is -0.132. The molecule has 0 aliphatic rings. The summed E-state index contributed by atoms with van der Waals surface area (Å²) in [6.07, 6.45) is 5.63. The van der Waals surface area contributed by atoms with Crippen LogP contribution in [-0.4, -0.2) is 11.1 Å². The number of carboxylic acids is 1. The van der Waals surface area contributed by atoms with Crippen LogP contribution in [0.4, 0.5) is 0 Å². The van der Waals surface area contributed by atoms with E-state index in [0.717, 1.165) is 19.3 Å². The zero-order chi connectivity index (χ0) is 8.69. The lowest BCUT2D eigenvalue weighted by Crippen LogP contribution is -1.99. The summed E-state index contributed by atoms with van der Waals surface area (Å²) in [4.78, 5) is 10.5. The topological polar surface area (TPSA) is 37.3 Å². The molecular weight excluding hydrogens is 140 g/mol. The quantitative estimate of drug-likeness (QED) is 0.490. The minimum Gasteiger partial charge on any atom is -0.478 e. The van der Waals surface area contributed by atoms with E-state index in [4.69, 9.17) is 5.11 Å². The molecule has 0 atom stereocenters. The van der Waals surface area contributed by atoms with E-state index in [1.54, 1.807) is 13.0 Å². The van der Waals surface area contributed by atoms with Crippen LogP contribution in [-0.2, 0) is 4.79 Å². The maximum atomic E-state index is 10.5. The van der Waals surface area contributed by atoms with E-state index in [-0.39, 0.29) is 0 Å². The average Bonchev–Trinajstić information content (AvgIpc) is 1.97. The van der Waals surface area contributed by atoms with Crippen LogP contribution in [0.5, 0.6) is 0 Å². The second-order valence-electron chi connectivity index (χ2n) is 2.58. The van der Waals surface area contributed by atoms with E-state index in [1.807, 2.05) is 0 Å². The van der Waals surface area contributed by atoms with Crippen LogP contribution in [0.3, 0.4) is 0 Å². The van der Waals surface area contributed by atoms with Gasteiger partial charge in [-0.25, -0.2) is 4.79 Å². The third kappa shape index (κ3) is 4.59. The largest absolute Gasteiger partial charge is 0.478 e. The van der Waals surface area contributed by atoms with Gasteiger partial charge in [-0.15, -0.1) is 0 Å². The first-order chi connectivity index (χ1) is 5.22. The van der Waals surface area contributed by atoms with E-state index < -0.39 is 5.97 Å². The third-order valence-corrected chi connectivity index (χ3v) is 1.67. The van der Waals surface area contributed by atoms with E-state index in [9.17, 15) is 4.79 Å². The number of carboxylic acid groups (broad SMARTS) is 1. The normalized spacial score (nSPS) is 11.6. The van der Waals surface area contributed by atoms with Crippen molar-refractivity contribution in [2.75, 3.05) is 0 Å². The molecule has 0 saturated carbocycles. The van der Waals surface area contributed by atoms with E-state index in [1.165, 1.54) is 0 Å². The van der Waals surface area contributed by atoms with Gasteiger partial charge in [0, 0.05) is 5.57 Å². The first kappa shape index (κ1) is 10.2. The first-order valence-corrected chi connectivity index (χ1v) is 4.10. The van der Waals surface area contributed by atoms with Gasteiger partial charge in [-0.3, -0.25) is 0 Å². The minimum atomic E-state index is -0.774. The molecule has 2 heteroatoms. The van der Waals surface area contributed by atoms with Gasteiger partial charge in [-0.05, 0) is 19.8 Å². The molecule has 0 bridgehead atoms. The molecule has 0 aliphatic heterocycles. The second kappa shape index (κ2) is 5.96. The monoisotopic (exact) mass is 156 g/mol. The molecule has 0 aromatic rings. The molecule has 1 N–H and O–H groups in total. The summed E-state index contributed by atoms with van der Waals surface area (Å²) in [5, 5.41) is 8.60. The number of allylic oxidation sites excluding steroid dienone is 1. The van der Waals surface area contributed by atoms with Crippen molar-refractivity contribution in [3.63, 3.8) is 0 Å². The van der Waals surface area contributed by atoms with Crippen molar-refractivity contribution in [3.05, 3.63) is 11.6 Å². The Kier molecular flexibility index (Phi) is 5.53. The van der Waals surface area contributed by atoms with Gasteiger partial charge in [0.25, 0.3) is 0 Å². The van der Waals surface area contributed by atoms with Crippen molar-refractivity contribution >= 4 is 5.97 Å². The van der Waals surface area contributed by atoms with Gasteiger partial charge in [0.05, 0.1) is 0 Å². The Balaban J connectivity index is 3.63. The fourth-order valence-corrected chi connectivity index (χ4v) is 0.940. The third-order valence-electron chi connectivity index (χ3n) is 1.67. The predicted octanol–water partition coefficient (Wildman–Crippen LogP) is 2.60. The smallest absolute Gasteiger partial charge is 0.331 e. The van der Waals surface area contributed by atoms with Gasteiger partial charge in [0.1, 0.15) is 0 Å². The molecule has 0 aromatic carbocycles. The lowest BCUT2D eigenvalue weighted by Gasteiger charge is -1.99. The van der Waals surface area contributed by atoms with Crippen molar-refractivity contribution in [1.82, 2.24) is 0 Å². The van der Waals surface area contributed by atoms with Gasteiger partial charge < -0.3 is 5.11 Å². The molecule has 0 aromatic heterocycles. The molecule has 0 saturated heterocycles. The molecule has 0 aliphatic carbocycles. The van der Waals surface area contributed by atoms with Crippen molar-refractivity contribution in [3.8, 4) is 0 Å². The summed E-state index contributed by atoms with van der Waals surface area (Å²) in [5.41, 5.74) is 0.540. The molecule has 0 rings (SSSR count). The van der Waals surface area contributed by atoms with Crippen LogP contribution in [0.15, 0.2) is 11.6 Å². The summed E-state index contributed by atoms with van der Waals surface area (Å²) in [7, 11) is 0. The van der Waals surface area contributed by atoms with Crippen LogP contribution >= 0.6 is 0 Å². The van der Waals surface area contributed by atoms with E-state index in [2.05, 4.69) is 6.92 Å². The number of carbonyl (C=O) groups is 1. The van der Waals surface area contributed by atoms with Crippen molar-refractivity contribution in [1.29, 1.82) is 0 Å². The van der Waals surface area contributed by atoms with Gasteiger partial charge in [-0.2, -0.15) is 0 Å². The molecule has 0 spiro atoms. The summed E-state index contributed by atoms with van der Waals surface area (Å²) in [5.74, 6) is -0.774. The molecule has 0 unspecified atom stereocenters. The molecule has 0 fully saturated rings. The summed E-state index contributed by atoms with van der Waals surface area (Å²) >= 11 is 0. The fourth-order valence-electron chi connectivity index (χ4n) is 0.940. The van der Waals surface area contributed by atoms with Crippen molar-refractivity contribution in [2.24, 2.45) is 0 Å². The van der Waals surface area contributed by atoms with Crippen molar-refractivity contribution in [2.45, 2.75) is 39.5 Å². The standard InChI is InChI=1S/C9H16O2/c1-3-5-6-7-8(4-2)9(10)11/h4H,3,5-7H2,1-2H3,(H,10,11)/b8-4+. The van der Waals surface area contributed by atoms with Crippen LogP contribution in [0.1, 0.15) is 39.5 Å². The van der Waals surface area contributed by atoms with Crippen LogP contribution < -0.4 is 0 Å². The lowest BCUT2D eigenvalue weighted by atomic mass is 10.1.